The lowest BCUT2D eigenvalue weighted by molar-refractivity contribution is -0.131. The van der Waals surface area contributed by atoms with Gasteiger partial charge in [-0.3, -0.25) is 9.48 Å². The van der Waals surface area contributed by atoms with Gasteiger partial charge in [-0.1, -0.05) is 6.92 Å². The number of piperidine rings is 1. The van der Waals surface area contributed by atoms with Gasteiger partial charge in [0, 0.05) is 31.9 Å². The van der Waals surface area contributed by atoms with Crippen LogP contribution in [0.15, 0.2) is 6.20 Å². The zero-order valence-corrected chi connectivity index (χ0v) is 12.1. The Morgan fingerprint density at radius 1 is 1.63 bits per heavy atom. The highest BCUT2D eigenvalue weighted by molar-refractivity contribution is 5.82. The highest BCUT2D eigenvalue weighted by Crippen LogP contribution is 2.25. The van der Waals surface area contributed by atoms with Crippen LogP contribution in [0.25, 0.3) is 0 Å². The Morgan fingerprint density at radius 2 is 2.42 bits per heavy atom. The van der Waals surface area contributed by atoms with Crippen molar-refractivity contribution in [2.24, 2.45) is 12.5 Å². The summed E-state index contributed by atoms with van der Waals surface area (Å²) in [5, 5.41) is 10.8. The van der Waals surface area contributed by atoms with E-state index in [1.54, 1.807) is 0 Å². The topological polar surface area (TPSA) is 59.0 Å². The zero-order chi connectivity index (χ0) is 13.9. The van der Waals surface area contributed by atoms with Crippen molar-refractivity contribution in [3.63, 3.8) is 0 Å². The molecule has 0 saturated carbocycles. The molecular weight excluding hydrogens is 240 g/mol. The third kappa shape index (κ3) is 3.15. The fourth-order valence-electron chi connectivity index (χ4n) is 2.67. The van der Waals surface area contributed by atoms with Gasteiger partial charge in [0.25, 0.3) is 0 Å². The van der Waals surface area contributed by atoms with Crippen molar-refractivity contribution in [1.29, 1.82) is 0 Å². The minimum atomic E-state index is -0.271. The maximum Gasteiger partial charge on any atom is 0.227 e. The predicted molar refractivity (Wildman–Crippen MR) is 74.6 cm³/mol. The molecule has 0 aromatic carbocycles. The van der Waals surface area contributed by atoms with Gasteiger partial charge in [-0.15, -0.1) is 0 Å². The molecule has 1 aromatic heterocycles. The first-order chi connectivity index (χ1) is 9.05. The number of hydrogen-bond acceptors (Lipinski definition) is 3. The van der Waals surface area contributed by atoms with Crippen LogP contribution < -0.4 is 10.6 Å². The maximum atomic E-state index is 12.3. The second-order valence-electron chi connectivity index (χ2n) is 5.65. The third-order valence-electron chi connectivity index (χ3n) is 3.91. The van der Waals surface area contributed by atoms with Gasteiger partial charge < -0.3 is 10.6 Å². The van der Waals surface area contributed by atoms with E-state index >= 15 is 0 Å². The van der Waals surface area contributed by atoms with E-state index in [0.29, 0.717) is 6.54 Å². The molecule has 5 heteroatoms. The summed E-state index contributed by atoms with van der Waals surface area (Å²) in [6.45, 7) is 6.49. The van der Waals surface area contributed by atoms with Gasteiger partial charge in [-0.25, -0.2) is 0 Å². The van der Waals surface area contributed by atoms with Crippen LogP contribution in [0.1, 0.15) is 37.9 Å². The van der Waals surface area contributed by atoms with Crippen LogP contribution in [0.4, 0.5) is 0 Å². The Bertz CT molecular complexity index is 446. The van der Waals surface area contributed by atoms with Crippen molar-refractivity contribution in [2.45, 2.75) is 39.7 Å². The first kappa shape index (κ1) is 14.1. The summed E-state index contributed by atoms with van der Waals surface area (Å²) in [6, 6.07) is 0. The first-order valence-corrected chi connectivity index (χ1v) is 7.05. The Kier molecular flexibility index (Phi) is 4.24. The average molecular weight is 264 g/mol. The Balaban J connectivity index is 1.96. The van der Waals surface area contributed by atoms with Gasteiger partial charge >= 0.3 is 0 Å². The minimum absolute atomic E-state index is 0.144. The summed E-state index contributed by atoms with van der Waals surface area (Å²) in [7, 11) is 1.91. The van der Waals surface area contributed by atoms with Crippen LogP contribution in [-0.4, -0.2) is 28.8 Å². The molecule has 1 atom stereocenters. The van der Waals surface area contributed by atoms with E-state index in [9.17, 15) is 4.79 Å². The van der Waals surface area contributed by atoms with Crippen molar-refractivity contribution in [1.82, 2.24) is 20.4 Å². The van der Waals surface area contributed by atoms with E-state index in [-0.39, 0.29) is 11.3 Å². The molecule has 5 nitrogen and oxygen atoms in total. The van der Waals surface area contributed by atoms with E-state index in [4.69, 9.17) is 0 Å². The van der Waals surface area contributed by atoms with Crippen LogP contribution in [-0.2, 0) is 24.8 Å². The molecule has 1 aliphatic heterocycles. The predicted octanol–water partition coefficient (Wildman–Crippen LogP) is 0.988. The monoisotopic (exact) mass is 264 g/mol. The molecule has 1 unspecified atom stereocenters. The molecule has 19 heavy (non-hydrogen) atoms. The van der Waals surface area contributed by atoms with Gasteiger partial charge in [-0.2, -0.15) is 5.10 Å². The largest absolute Gasteiger partial charge is 0.351 e. The molecule has 0 radical (unpaired) electrons. The molecule has 0 spiro atoms. The van der Waals surface area contributed by atoms with Gasteiger partial charge in [0.1, 0.15) is 0 Å². The Labute approximate surface area is 114 Å². The fraction of sp³-hybridized carbons (Fsp3) is 0.714. The molecule has 2 rings (SSSR count). The van der Waals surface area contributed by atoms with Crippen LogP contribution >= 0.6 is 0 Å². The van der Waals surface area contributed by atoms with Crippen molar-refractivity contribution in [3.8, 4) is 0 Å². The fourth-order valence-corrected chi connectivity index (χ4v) is 2.67. The molecule has 1 fully saturated rings. The van der Waals surface area contributed by atoms with E-state index in [1.807, 2.05) is 24.9 Å². The van der Waals surface area contributed by atoms with Gasteiger partial charge in [0.2, 0.25) is 5.91 Å². The summed E-state index contributed by atoms with van der Waals surface area (Å²) in [5.74, 6) is 0.144. The first-order valence-electron chi connectivity index (χ1n) is 7.05. The van der Waals surface area contributed by atoms with Crippen LogP contribution in [0, 0.1) is 5.41 Å². The molecule has 2 N–H and O–H groups in total. The summed E-state index contributed by atoms with van der Waals surface area (Å²) < 4.78 is 1.81. The average Bonchev–Trinajstić information content (AvgIpc) is 2.77. The lowest BCUT2D eigenvalue weighted by Crippen LogP contribution is -2.48. The van der Waals surface area contributed by atoms with Crippen molar-refractivity contribution < 1.29 is 4.79 Å². The molecule has 0 aliphatic carbocycles. The second-order valence-corrected chi connectivity index (χ2v) is 5.65. The molecule has 1 amide bonds. The van der Waals surface area contributed by atoms with Gasteiger partial charge in [-0.05, 0) is 32.7 Å². The number of amides is 1. The van der Waals surface area contributed by atoms with Crippen LogP contribution in [0.2, 0.25) is 0 Å². The summed E-state index contributed by atoms with van der Waals surface area (Å²) >= 11 is 0. The molecule has 2 heterocycles. The molecule has 1 aliphatic rings. The number of aryl methyl sites for hydroxylation is 2. The number of carbonyl (C=O) groups excluding carboxylic acids is 1. The highest BCUT2D eigenvalue weighted by atomic mass is 16.2. The van der Waals surface area contributed by atoms with Crippen molar-refractivity contribution >= 4 is 5.91 Å². The molecule has 1 aromatic rings. The maximum absolute atomic E-state index is 12.3. The van der Waals surface area contributed by atoms with E-state index < -0.39 is 0 Å². The third-order valence-corrected chi connectivity index (χ3v) is 3.91. The molecule has 1 saturated heterocycles. The van der Waals surface area contributed by atoms with E-state index in [2.05, 4.69) is 22.7 Å². The van der Waals surface area contributed by atoms with Gasteiger partial charge in [0.15, 0.2) is 0 Å². The lowest BCUT2D eigenvalue weighted by Gasteiger charge is -2.32. The lowest BCUT2D eigenvalue weighted by atomic mass is 9.82. The van der Waals surface area contributed by atoms with Crippen molar-refractivity contribution in [2.75, 3.05) is 13.1 Å². The Hall–Kier alpha value is -1.36. The molecular formula is C14H24N4O. The SMILES string of the molecule is CCc1nn(C)cc1CNC(=O)C1(C)CCCNC1. The van der Waals surface area contributed by atoms with E-state index in [1.165, 1.54) is 0 Å². The normalized spacial score (nSPS) is 23.3. The number of aromatic nitrogens is 2. The number of nitrogens with one attached hydrogen (secondary N) is 2. The smallest absolute Gasteiger partial charge is 0.227 e. The Morgan fingerprint density at radius 3 is 3.05 bits per heavy atom. The number of carbonyl (C=O) groups is 1. The summed E-state index contributed by atoms with van der Waals surface area (Å²) in [4.78, 5) is 12.3. The summed E-state index contributed by atoms with van der Waals surface area (Å²) in [5.41, 5.74) is 1.91. The van der Waals surface area contributed by atoms with Crippen molar-refractivity contribution in [3.05, 3.63) is 17.5 Å². The van der Waals surface area contributed by atoms with Crippen LogP contribution in [0.3, 0.4) is 0 Å². The molecule has 0 bridgehead atoms. The van der Waals surface area contributed by atoms with E-state index in [0.717, 1.165) is 43.6 Å². The number of hydrogen-bond donors (Lipinski definition) is 2. The standard InChI is InChI=1S/C14H24N4O/c1-4-12-11(9-18(3)17-12)8-16-13(19)14(2)6-5-7-15-10-14/h9,15H,4-8,10H2,1-3H3,(H,16,19). The second kappa shape index (κ2) is 5.74. The zero-order valence-electron chi connectivity index (χ0n) is 12.1. The minimum Gasteiger partial charge on any atom is -0.351 e. The number of rotatable bonds is 4. The quantitative estimate of drug-likeness (QED) is 0.852. The number of nitrogens with zero attached hydrogens (tertiary/aromatic N) is 2. The van der Waals surface area contributed by atoms with Crippen LogP contribution in [0.5, 0.6) is 0 Å². The molecule has 106 valence electrons. The summed E-state index contributed by atoms with van der Waals surface area (Å²) in [6.07, 6.45) is 4.90. The highest BCUT2D eigenvalue weighted by Gasteiger charge is 2.34. The van der Waals surface area contributed by atoms with Gasteiger partial charge in [0.05, 0.1) is 11.1 Å².